The predicted octanol–water partition coefficient (Wildman–Crippen LogP) is 2.77. The second-order valence-corrected chi connectivity index (χ2v) is 4.86. The molecule has 1 aromatic heterocycles. The van der Waals surface area contributed by atoms with Gasteiger partial charge in [-0.3, -0.25) is 0 Å². The summed E-state index contributed by atoms with van der Waals surface area (Å²) in [5.41, 5.74) is 4.06. The first kappa shape index (κ1) is 9.91. The molecule has 1 saturated heterocycles. The van der Waals surface area contributed by atoms with Crippen LogP contribution in [-0.2, 0) is 6.42 Å². The lowest BCUT2D eigenvalue weighted by molar-refractivity contribution is 0.605. The molecule has 2 heterocycles. The van der Waals surface area contributed by atoms with Gasteiger partial charge in [-0.15, -0.1) is 0 Å². The molecule has 84 valence electrons. The van der Waals surface area contributed by atoms with Gasteiger partial charge >= 0.3 is 0 Å². The summed E-state index contributed by atoms with van der Waals surface area (Å²) in [4.78, 5) is 3.36. The molecule has 16 heavy (non-hydrogen) atoms. The van der Waals surface area contributed by atoms with Crippen LogP contribution in [0.5, 0.6) is 0 Å². The summed E-state index contributed by atoms with van der Waals surface area (Å²) in [6.45, 7) is 3.34. The van der Waals surface area contributed by atoms with Crippen molar-refractivity contribution in [1.82, 2.24) is 10.3 Å². The SMILES string of the molecule is Cc1ccc2[nH]cc(C[C@H]3CCCN3)c2c1. The zero-order valence-electron chi connectivity index (χ0n) is 9.72. The number of hydrogen-bond acceptors (Lipinski definition) is 1. The van der Waals surface area contributed by atoms with E-state index in [0.29, 0.717) is 6.04 Å². The van der Waals surface area contributed by atoms with Crippen LogP contribution in [0.15, 0.2) is 24.4 Å². The lowest BCUT2D eigenvalue weighted by atomic mass is 10.0. The standard InChI is InChI=1S/C14H18N2/c1-10-4-5-14-13(7-10)11(9-16-14)8-12-3-2-6-15-12/h4-5,7,9,12,15-16H,2-3,6,8H2,1H3/t12-/m1/s1. The lowest BCUT2D eigenvalue weighted by Crippen LogP contribution is -2.23. The van der Waals surface area contributed by atoms with Crippen molar-refractivity contribution in [3.8, 4) is 0 Å². The number of aryl methyl sites for hydroxylation is 1. The molecule has 2 N–H and O–H groups in total. The maximum absolute atomic E-state index is 3.56. The van der Waals surface area contributed by atoms with Crippen molar-refractivity contribution >= 4 is 10.9 Å². The third kappa shape index (κ3) is 1.74. The van der Waals surface area contributed by atoms with Crippen LogP contribution in [0, 0.1) is 6.92 Å². The first-order chi connectivity index (χ1) is 7.83. The molecule has 0 bridgehead atoms. The maximum Gasteiger partial charge on any atom is 0.0456 e. The molecule has 0 amide bonds. The molecule has 0 unspecified atom stereocenters. The molecule has 1 aliphatic rings. The summed E-state index contributed by atoms with van der Waals surface area (Å²) in [7, 11) is 0. The number of nitrogens with one attached hydrogen (secondary N) is 2. The zero-order chi connectivity index (χ0) is 11.0. The lowest BCUT2D eigenvalue weighted by Gasteiger charge is -2.08. The fraction of sp³-hybridized carbons (Fsp3) is 0.429. The molecule has 1 atom stereocenters. The molecule has 2 nitrogen and oxygen atoms in total. The van der Waals surface area contributed by atoms with Gasteiger partial charge in [-0.1, -0.05) is 11.6 Å². The Morgan fingerprint density at radius 1 is 1.38 bits per heavy atom. The Labute approximate surface area is 96.1 Å². The summed E-state index contributed by atoms with van der Waals surface area (Å²) < 4.78 is 0. The molecule has 3 rings (SSSR count). The van der Waals surface area contributed by atoms with Crippen LogP contribution >= 0.6 is 0 Å². The smallest absolute Gasteiger partial charge is 0.0456 e. The molecule has 0 saturated carbocycles. The predicted molar refractivity (Wildman–Crippen MR) is 67.8 cm³/mol. The maximum atomic E-state index is 3.56. The number of H-pyrrole nitrogens is 1. The van der Waals surface area contributed by atoms with Gasteiger partial charge in [-0.2, -0.15) is 0 Å². The van der Waals surface area contributed by atoms with Gasteiger partial charge in [0.15, 0.2) is 0 Å². The topological polar surface area (TPSA) is 27.8 Å². The Bertz CT molecular complexity index is 492. The number of hydrogen-bond donors (Lipinski definition) is 2. The van der Waals surface area contributed by atoms with Gasteiger partial charge in [0.2, 0.25) is 0 Å². The first-order valence-electron chi connectivity index (χ1n) is 6.13. The van der Waals surface area contributed by atoms with Crippen LogP contribution in [0.1, 0.15) is 24.0 Å². The number of fused-ring (bicyclic) bond motifs is 1. The van der Waals surface area contributed by atoms with E-state index in [-0.39, 0.29) is 0 Å². The van der Waals surface area contributed by atoms with Crippen molar-refractivity contribution in [2.45, 2.75) is 32.2 Å². The third-order valence-electron chi connectivity index (χ3n) is 3.55. The van der Waals surface area contributed by atoms with Crippen LogP contribution in [0.2, 0.25) is 0 Å². The summed E-state index contributed by atoms with van der Waals surface area (Å²) in [5, 5.41) is 4.96. The minimum Gasteiger partial charge on any atom is -0.361 e. The van der Waals surface area contributed by atoms with Crippen molar-refractivity contribution in [3.05, 3.63) is 35.5 Å². The Morgan fingerprint density at radius 2 is 2.31 bits per heavy atom. The quantitative estimate of drug-likeness (QED) is 0.790. The summed E-state index contributed by atoms with van der Waals surface area (Å²) in [5.74, 6) is 0. The minimum atomic E-state index is 0.680. The molecular formula is C14H18N2. The van der Waals surface area contributed by atoms with Crippen LogP contribution < -0.4 is 5.32 Å². The fourth-order valence-electron chi connectivity index (χ4n) is 2.66. The van der Waals surface area contributed by atoms with Gasteiger partial charge in [0.1, 0.15) is 0 Å². The zero-order valence-corrected chi connectivity index (χ0v) is 9.72. The Morgan fingerprint density at radius 3 is 3.12 bits per heavy atom. The second-order valence-electron chi connectivity index (χ2n) is 4.86. The van der Waals surface area contributed by atoms with Crippen molar-refractivity contribution in [1.29, 1.82) is 0 Å². The Hall–Kier alpha value is -1.28. The fourth-order valence-corrected chi connectivity index (χ4v) is 2.66. The average molecular weight is 214 g/mol. The van der Waals surface area contributed by atoms with Crippen molar-refractivity contribution in [2.75, 3.05) is 6.54 Å². The van der Waals surface area contributed by atoms with Gasteiger partial charge in [-0.25, -0.2) is 0 Å². The number of aromatic nitrogens is 1. The molecular weight excluding hydrogens is 196 g/mol. The van der Waals surface area contributed by atoms with Gasteiger partial charge in [0.05, 0.1) is 0 Å². The molecule has 1 aliphatic heterocycles. The van der Waals surface area contributed by atoms with Crippen LogP contribution in [0.4, 0.5) is 0 Å². The molecule has 2 aromatic rings. The van der Waals surface area contributed by atoms with E-state index in [1.54, 1.807) is 0 Å². The normalized spacial score (nSPS) is 20.7. The van der Waals surface area contributed by atoms with Crippen LogP contribution in [0.25, 0.3) is 10.9 Å². The highest BCUT2D eigenvalue weighted by atomic mass is 14.9. The van der Waals surface area contributed by atoms with Gasteiger partial charge in [0, 0.05) is 23.1 Å². The highest BCUT2D eigenvalue weighted by Gasteiger charge is 2.16. The highest BCUT2D eigenvalue weighted by Crippen LogP contribution is 2.22. The third-order valence-corrected chi connectivity index (χ3v) is 3.55. The molecule has 1 fully saturated rings. The Balaban J connectivity index is 1.93. The summed E-state index contributed by atoms with van der Waals surface area (Å²) in [6, 6.07) is 7.31. The van der Waals surface area contributed by atoms with E-state index in [2.05, 4.69) is 41.6 Å². The molecule has 2 heteroatoms. The van der Waals surface area contributed by atoms with E-state index in [1.807, 2.05) is 0 Å². The molecule has 0 radical (unpaired) electrons. The van der Waals surface area contributed by atoms with Gasteiger partial charge in [-0.05, 0) is 50.4 Å². The molecule has 1 aromatic carbocycles. The van der Waals surface area contributed by atoms with E-state index in [0.717, 1.165) is 6.42 Å². The van der Waals surface area contributed by atoms with Crippen LogP contribution in [-0.4, -0.2) is 17.6 Å². The van der Waals surface area contributed by atoms with E-state index in [1.165, 1.54) is 41.4 Å². The summed E-state index contributed by atoms with van der Waals surface area (Å²) in [6.07, 6.45) is 5.97. The highest BCUT2D eigenvalue weighted by molar-refractivity contribution is 5.83. The van der Waals surface area contributed by atoms with Crippen molar-refractivity contribution < 1.29 is 0 Å². The number of aromatic amines is 1. The first-order valence-corrected chi connectivity index (χ1v) is 6.13. The van der Waals surface area contributed by atoms with Gasteiger partial charge < -0.3 is 10.3 Å². The van der Waals surface area contributed by atoms with E-state index in [4.69, 9.17) is 0 Å². The average Bonchev–Trinajstić information content (AvgIpc) is 2.90. The van der Waals surface area contributed by atoms with Gasteiger partial charge in [0.25, 0.3) is 0 Å². The largest absolute Gasteiger partial charge is 0.361 e. The van der Waals surface area contributed by atoms with Crippen molar-refractivity contribution in [3.63, 3.8) is 0 Å². The second kappa shape index (κ2) is 3.95. The monoisotopic (exact) mass is 214 g/mol. The number of rotatable bonds is 2. The Kier molecular flexibility index (Phi) is 2.44. The summed E-state index contributed by atoms with van der Waals surface area (Å²) >= 11 is 0. The van der Waals surface area contributed by atoms with Crippen molar-refractivity contribution in [2.24, 2.45) is 0 Å². The van der Waals surface area contributed by atoms with E-state index < -0.39 is 0 Å². The molecule has 0 spiro atoms. The molecule has 0 aliphatic carbocycles. The minimum absolute atomic E-state index is 0.680. The van der Waals surface area contributed by atoms with Crippen LogP contribution in [0.3, 0.4) is 0 Å². The van der Waals surface area contributed by atoms with E-state index >= 15 is 0 Å². The van der Waals surface area contributed by atoms with E-state index in [9.17, 15) is 0 Å². The number of benzene rings is 1.